The molecule has 0 bridgehead atoms. The van der Waals surface area contributed by atoms with E-state index in [0.29, 0.717) is 11.8 Å². The van der Waals surface area contributed by atoms with E-state index < -0.39 is 0 Å². The van der Waals surface area contributed by atoms with Crippen molar-refractivity contribution in [2.75, 3.05) is 26.7 Å². The van der Waals surface area contributed by atoms with E-state index in [-0.39, 0.29) is 5.92 Å². The molecule has 1 heterocycles. The Bertz CT molecular complexity index is 182. The van der Waals surface area contributed by atoms with Crippen LogP contribution in [-0.2, 0) is 4.79 Å². The van der Waals surface area contributed by atoms with E-state index in [1.807, 2.05) is 18.9 Å². The molecule has 0 radical (unpaired) electrons. The van der Waals surface area contributed by atoms with Crippen LogP contribution in [0.1, 0.15) is 20.3 Å². The van der Waals surface area contributed by atoms with Gasteiger partial charge in [0.15, 0.2) is 0 Å². The van der Waals surface area contributed by atoms with Crippen LogP contribution in [0.4, 0.5) is 0 Å². The summed E-state index contributed by atoms with van der Waals surface area (Å²) < 4.78 is 0. The van der Waals surface area contributed by atoms with E-state index in [0.717, 1.165) is 26.1 Å². The summed E-state index contributed by atoms with van der Waals surface area (Å²) in [6.07, 6.45) is 0.990. The number of hydrogen-bond acceptors (Lipinski definition) is 2. The van der Waals surface area contributed by atoms with Crippen molar-refractivity contribution in [1.29, 1.82) is 0 Å². The van der Waals surface area contributed by atoms with Gasteiger partial charge in [-0.3, -0.25) is 4.79 Å². The van der Waals surface area contributed by atoms with Gasteiger partial charge in [0.1, 0.15) is 0 Å². The molecule has 0 aromatic rings. The summed E-state index contributed by atoms with van der Waals surface area (Å²) >= 11 is 0. The zero-order valence-corrected chi connectivity index (χ0v) is 8.84. The van der Waals surface area contributed by atoms with Crippen LogP contribution in [0.5, 0.6) is 0 Å². The van der Waals surface area contributed by atoms with Gasteiger partial charge in [0.2, 0.25) is 5.91 Å². The molecule has 1 rings (SSSR count). The first kappa shape index (κ1) is 10.5. The van der Waals surface area contributed by atoms with Gasteiger partial charge in [-0.15, -0.1) is 0 Å². The number of carbonyl (C=O) groups excluding carboxylic acids is 1. The van der Waals surface area contributed by atoms with Gasteiger partial charge in [0, 0.05) is 19.5 Å². The van der Waals surface area contributed by atoms with E-state index in [4.69, 9.17) is 0 Å². The fourth-order valence-corrected chi connectivity index (χ4v) is 1.82. The van der Waals surface area contributed by atoms with Crippen molar-refractivity contribution in [3.05, 3.63) is 0 Å². The smallest absolute Gasteiger partial charge is 0.225 e. The molecule has 2 unspecified atom stereocenters. The average Bonchev–Trinajstić information content (AvgIpc) is 2.16. The van der Waals surface area contributed by atoms with E-state index in [2.05, 4.69) is 12.2 Å². The number of amides is 1. The monoisotopic (exact) mass is 184 g/mol. The normalized spacial score (nSPS) is 28.5. The largest absolute Gasteiger partial charge is 0.346 e. The number of carbonyl (C=O) groups is 1. The lowest BCUT2D eigenvalue weighted by molar-refractivity contribution is -0.136. The molecule has 3 heteroatoms. The highest BCUT2D eigenvalue weighted by atomic mass is 16.2. The van der Waals surface area contributed by atoms with Crippen LogP contribution in [0.3, 0.4) is 0 Å². The predicted molar refractivity (Wildman–Crippen MR) is 53.5 cm³/mol. The average molecular weight is 184 g/mol. The third-order valence-corrected chi connectivity index (χ3v) is 2.95. The lowest BCUT2D eigenvalue weighted by Crippen LogP contribution is -2.43. The van der Waals surface area contributed by atoms with E-state index >= 15 is 0 Å². The molecule has 0 aromatic carbocycles. The Balaban J connectivity index is 2.53. The van der Waals surface area contributed by atoms with Gasteiger partial charge >= 0.3 is 0 Å². The number of rotatable bonds is 2. The summed E-state index contributed by atoms with van der Waals surface area (Å²) in [5.74, 6) is 1.04. The lowest BCUT2D eigenvalue weighted by Gasteiger charge is -2.31. The number of piperidine rings is 1. The Morgan fingerprint density at radius 2 is 2.31 bits per heavy atom. The molecule has 0 aliphatic carbocycles. The zero-order chi connectivity index (χ0) is 9.84. The first-order valence-corrected chi connectivity index (χ1v) is 5.12. The van der Waals surface area contributed by atoms with Crippen molar-refractivity contribution in [2.45, 2.75) is 20.3 Å². The molecule has 1 aliphatic heterocycles. The molecule has 0 saturated carbocycles. The molecule has 1 saturated heterocycles. The Kier molecular flexibility index (Phi) is 3.72. The minimum absolute atomic E-state index is 0.242. The molecular formula is C10H20N2O. The van der Waals surface area contributed by atoms with Crippen LogP contribution in [0, 0.1) is 11.8 Å². The van der Waals surface area contributed by atoms with Crippen LogP contribution in [0.15, 0.2) is 0 Å². The van der Waals surface area contributed by atoms with Crippen molar-refractivity contribution in [3.8, 4) is 0 Å². The molecule has 2 atom stereocenters. The molecule has 1 N–H and O–H groups in total. The maximum absolute atomic E-state index is 11.8. The van der Waals surface area contributed by atoms with Crippen molar-refractivity contribution < 1.29 is 4.79 Å². The van der Waals surface area contributed by atoms with Crippen LogP contribution >= 0.6 is 0 Å². The summed E-state index contributed by atoms with van der Waals surface area (Å²) in [7, 11) is 1.89. The summed E-state index contributed by atoms with van der Waals surface area (Å²) in [5, 5.41) is 3.31. The summed E-state index contributed by atoms with van der Waals surface area (Å²) in [5.41, 5.74) is 0. The van der Waals surface area contributed by atoms with E-state index in [9.17, 15) is 4.79 Å². The minimum atomic E-state index is 0.242. The quantitative estimate of drug-likeness (QED) is 0.685. The van der Waals surface area contributed by atoms with E-state index in [1.165, 1.54) is 0 Å². The Hall–Kier alpha value is -0.570. The van der Waals surface area contributed by atoms with Crippen LogP contribution in [0.25, 0.3) is 0 Å². The molecule has 0 aromatic heterocycles. The third kappa shape index (κ3) is 2.44. The number of nitrogens with one attached hydrogen (secondary N) is 1. The molecule has 0 spiro atoms. The van der Waals surface area contributed by atoms with Gasteiger partial charge in [-0.2, -0.15) is 0 Å². The lowest BCUT2D eigenvalue weighted by atomic mass is 9.87. The summed E-state index contributed by atoms with van der Waals surface area (Å²) in [6.45, 7) is 6.95. The van der Waals surface area contributed by atoms with E-state index in [1.54, 1.807) is 0 Å². The highest BCUT2D eigenvalue weighted by Gasteiger charge is 2.28. The Morgan fingerprint density at radius 1 is 1.62 bits per heavy atom. The van der Waals surface area contributed by atoms with Gasteiger partial charge in [-0.1, -0.05) is 6.92 Å². The highest BCUT2D eigenvalue weighted by Crippen LogP contribution is 2.20. The van der Waals surface area contributed by atoms with Crippen LogP contribution in [0.2, 0.25) is 0 Å². The third-order valence-electron chi connectivity index (χ3n) is 2.95. The van der Waals surface area contributed by atoms with Gasteiger partial charge in [0.05, 0.1) is 0 Å². The predicted octanol–water partition coefficient (Wildman–Crippen LogP) is 0.710. The second-order valence-corrected chi connectivity index (χ2v) is 3.93. The molecule has 1 amide bonds. The number of nitrogens with zero attached hydrogens (tertiary/aromatic N) is 1. The molecule has 1 fully saturated rings. The Morgan fingerprint density at radius 3 is 2.85 bits per heavy atom. The molecule has 76 valence electrons. The fraction of sp³-hybridized carbons (Fsp3) is 0.900. The standard InChI is InChI=1S/C10H20N2O/c1-4-12(3)10(13)9-5-6-11-7-8(9)2/h8-9,11H,4-7H2,1-3H3. The van der Waals surface area contributed by atoms with Crippen molar-refractivity contribution in [3.63, 3.8) is 0 Å². The number of hydrogen-bond donors (Lipinski definition) is 1. The molecular weight excluding hydrogens is 164 g/mol. The fourth-order valence-electron chi connectivity index (χ4n) is 1.82. The van der Waals surface area contributed by atoms with Gasteiger partial charge in [-0.05, 0) is 32.4 Å². The minimum Gasteiger partial charge on any atom is -0.346 e. The first-order chi connectivity index (χ1) is 6.16. The molecule has 13 heavy (non-hydrogen) atoms. The van der Waals surface area contributed by atoms with Crippen molar-refractivity contribution in [1.82, 2.24) is 10.2 Å². The van der Waals surface area contributed by atoms with Crippen molar-refractivity contribution >= 4 is 5.91 Å². The molecule has 1 aliphatic rings. The maximum atomic E-state index is 11.8. The maximum Gasteiger partial charge on any atom is 0.225 e. The van der Waals surface area contributed by atoms with Gasteiger partial charge in [-0.25, -0.2) is 0 Å². The Labute approximate surface area is 80.5 Å². The SMILES string of the molecule is CCN(C)C(=O)C1CCNCC1C. The first-order valence-electron chi connectivity index (χ1n) is 5.12. The topological polar surface area (TPSA) is 32.3 Å². The molecule has 3 nitrogen and oxygen atoms in total. The second-order valence-electron chi connectivity index (χ2n) is 3.93. The van der Waals surface area contributed by atoms with Crippen LogP contribution in [-0.4, -0.2) is 37.5 Å². The summed E-state index contributed by atoms with van der Waals surface area (Å²) in [6, 6.07) is 0. The second kappa shape index (κ2) is 4.61. The van der Waals surface area contributed by atoms with Gasteiger partial charge in [0.25, 0.3) is 0 Å². The zero-order valence-electron chi connectivity index (χ0n) is 8.84. The highest BCUT2D eigenvalue weighted by molar-refractivity contribution is 5.78. The van der Waals surface area contributed by atoms with Gasteiger partial charge < -0.3 is 10.2 Å². The van der Waals surface area contributed by atoms with Crippen molar-refractivity contribution in [2.24, 2.45) is 11.8 Å². The summed E-state index contributed by atoms with van der Waals surface area (Å²) in [4.78, 5) is 13.7. The van der Waals surface area contributed by atoms with Crippen LogP contribution < -0.4 is 5.32 Å².